The van der Waals surface area contributed by atoms with Crippen molar-refractivity contribution >= 4 is 11.8 Å². The number of benzene rings is 2. The number of aryl methyl sites for hydroxylation is 2. The lowest BCUT2D eigenvalue weighted by Gasteiger charge is -2.25. The maximum absolute atomic E-state index is 12.3. The molecule has 0 fully saturated rings. The van der Waals surface area contributed by atoms with Gasteiger partial charge in [-0.05, 0) is 42.5 Å². The van der Waals surface area contributed by atoms with Crippen LogP contribution in [-0.2, 0) is 0 Å². The third-order valence-electron chi connectivity index (χ3n) is 4.23. The fraction of sp³-hybridized carbons (Fsp3) is 0.333. The Labute approximate surface area is 149 Å². The summed E-state index contributed by atoms with van der Waals surface area (Å²) in [5, 5.41) is 5.93. The first-order valence-electron chi connectivity index (χ1n) is 8.48. The molecular weight excluding hydrogens is 312 g/mol. The van der Waals surface area contributed by atoms with Gasteiger partial charge in [0.25, 0.3) is 11.8 Å². The number of rotatable bonds is 6. The minimum atomic E-state index is -0.253. The number of hydrogen-bond donors (Lipinski definition) is 2. The molecule has 0 bridgehead atoms. The van der Waals surface area contributed by atoms with Gasteiger partial charge in [0.15, 0.2) is 0 Å². The van der Waals surface area contributed by atoms with Crippen molar-refractivity contribution in [2.75, 3.05) is 13.1 Å². The van der Waals surface area contributed by atoms with E-state index in [0.29, 0.717) is 24.2 Å². The van der Waals surface area contributed by atoms with E-state index in [0.717, 1.165) is 11.1 Å². The predicted octanol–water partition coefficient (Wildman–Crippen LogP) is 3.49. The molecule has 0 aromatic heterocycles. The van der Waals surface area contributed by atoms with Gasteiger partial charge in [0.2, 0.25) is 0 Å². The van der Waals surface area contributed by atoms with Crippen LogP contribution in [0.1, 0.15) is 45.7 Å². The standard InChI is InChI=1S/C21H26N2O2/c1-15-9-5-7-11-17(15)19(24)22-13-21(3,4)14-23-20(25)18-12-8-6-10-16(18)2/h5-12H,13-14H2,1-4H3,(H,22,24)(H,23,25). The van der Waals surface area contributed by atoms with E-state index in [-0.39, 0.29) is 17.2 Å². The van der Waals surface area contributed by atoms with Crippen molar-refractivity contribution in [2.45, 2.75) is 27.7 Å². The molecule has 0 saturated carbocycles. The van der Waals surface area contributed by atoms with E-state index in [4.69, 9.17) is 0 Å². The van der Waals surface area contributed by atoms with Crippen molar-refractivity contribution in [2.24, 2.45) is 5.41 Å². The Kier molecular flexibility index (Phi) is 5.97. The molecule has 0 heterocycles. The number of nitrogens with one attached hydrogen (secondary N) is 2. The molecule has 0 spiro atoms. The average molecular weight is 338 g/mol. The fourth-order valence-electron chi connectivity index (χ4n) is 2.55. The number of hydrogen-bond acceptors (Lipinski definition) is 2. The summed E-state index contributed by atoms with van der Waals surface area (Å²) in [6.07, 6.45) is 0. The molecule has 4 heteroatoms. The highest BCUT2D eigenvalue weighted by Crippen LogP contribution is 2.14. The average Bonchev–Trinajstić information content (AvgIpc) is 2.59. The molecule has 2 aromatic carbocycles. The van der Waals surface area contributed by atoms with Crippen molar-refractivity contribution < 1.29 is 9.59 Å². The fourth-order valence-corrected chi connectivity index (χ4v) is 2.55. The molecule has 0 saturated heterocycles. The zero-order valence-electron chi connectivity index (χ0n) is 15.3. The van der Waals surface area contributed by atoms with Crippen LogP contribution in [0.5, 0.6) is 0 Å². The van der Waals surface area contributed by atoms with Crippen molar-refractivity contribution in [1.29, 1.82) is 0 Å². The van der Waals surface area contributed by atoms with Crippen molar-refractivity contribution in [3.8, 4) is 0 Å². The molecule has 0 aliphatic rings. The maximum Gasteiger partial charge on any atom is 0.251 e. The molecule has 2 aromatic rings. The quantitative estimate of drug-likeness (QED) is 0.847. The number of carbonyl (C=O) groups is 2. The Morgan fingerprint density at radius 3 is 1.48 bits per heavy atom. The van der Waals surface area contributed by atoms with Crippen LogP contribution >= 0.6 is 0 Å². The molecule has 2 amide bonds. The minimum absolute atomic E-state index is 0.0867. The third kappa shape index (κ3) is 5.18. The van der Waals surface area contributed by atoms with Crippen LogP contribution in [0.15, 0.2) is 48.5 Å². The van der Waals surface area contributed by atoms with Crippen LogP contribution in [0.3, 0.4) is 0 Å². The van der Waals surface area contributed by atoms with Gasteiger partial charge in [-0.15, -0.1) is 0 Å². The monoisotopic (exact) mass is 338 g/mol. The number of amides is 2. The van der Waals surface area contributed by atoms with Gasteiger partial charge in [0, 0.05) is 24.2 Å². The summed E-state index contributed by atoms with van der Waals surface area (Å²) < 4.78 is 0. The topological polar surface area (TPSA) is 58.2 Å². The molecule has 0 aliphatic heterocycles. The summed E-state index contributed by atoms with van der Waals surface area (Å²) in [6, 6.07) is 15.0. The van der Waals surface area contributed by atoms with E-state index in [2.05, 4.69) is 10.6 Å². The van der Waals surface area contributed by atoms with Crippen molar-refractivity contribution in [3.05, 3.63) is 70.8 Å². The predicted molar refractivity (Wildman–Crippen MR) is 101 cm³/mol. The molecule has 0 atom stereocenters. The second-order valence-corrected chi connectivity index (χ2v) is 7.16. The second-order valence-electron chi connectivity index (χ2n) is 7.16. The van der Waals surface area contributed by atoms with Crippen LogP contribution < -0.4 is 10.6 Å². The first kappa shape index (κ1) is 18.7. The summed E-state index contributed by atoms with van der Waals surface area (Å²) in [5.41, 5.74) is 3.01. The van der Waals surface area contributed by atoms with Crippen molar-refractivity contribution in [1.82, 2.24) is 10.6 Å². The van der Waals surface area contributed by atoms with E-state index in [1.54, 1.807) is 0 Å². The van der Waals surface area contributed by atoms with Gasteiger partial charge >= 0.3 is 0 Å². The molecule has 2 N–H and O–H groups in total. The lowest BCUT2D eigenvalue weighted by molar-refractivity contribution is 0.0919. The maximum atomic E-state index is 12.3. The lowest BCUT2D eigenvalue weighted by Crippen LogP contribution is -2.42. The highest BCUT2D eigenvalue weighted by atomic mass is 16.2. The van der Waals surface area contributed by atoms with Crippen LogP contribution in [0.25, 0.3) is 0 Å². The van der Waals surface area contributed by atoms with Crippen LogP contribution in [0, 0.1) is 19.3 Å². The van der Waals surface area contributed by atoms with E-state index in [1.165, 1.54) is 0 Å². The first-order chi connectivity index (χ1) is 11.8. The van der Waals surface area contributed by atoms with E-state index < -0.39 is 0 Å². The molecule has 4 nitrogen and oxygen atoms in total. The zero-order valence-corrected chi connectivity index (χ0v) is 15.3. The van der Waals surface area contributed by atoms with Crippen molar-refractivity contribution in [3.63, 3.8) is 0 Å². The molecule has 0 unspecified atom stereocenters. The first-order valence-corrected chi connectivity index (χ1v) is 8.48. The lowest BCUT2D eigenvalue weighted by atomic mass is 9.93. The van der Waals surface area contributed by atoms with E-state index >= 15 is 0 Å². The molecule has 2 rings (SSSR count). The Morgan fingerprint density at radius 2 is 1.12 bits per heavy atom. The smallest absolute Gasteiger partial charge is 0.251 e. The van der Waals surface area contributed by atoms with Gasteiger partial charge < -0.3 is 10.6 Å². The highest BCUT2D eigenvalue weighted by Gasteiger charge is 2.21. The summed E-state index contributed by atoms with van der Waals surface area (Å²) in [7, 11) is 0. The Balaban J connectivity index is 1.89. The summed E-state index contributed by atoms with van der Waals surface area (Å²) >= 11 is 0. The normalized spacial score (nSPS) is 11.0. The molecule has 132 valence electrons. The van der Waals surface area contributed by atoms with Gasteiger partial charge in [-0.2, -0.15) is 0 Å². The van der Waals surface area contributed by atoms with Crippen LogP contribution in [0.4, 0.5) is 0 Å². The molecule has 25 heavy (non-hydrogen) atoms. The largest absolute Gasteiger partial charge is 0.351 e. The van der Waals surface area contributed by atoms with Gasteiger partial charge in [0.05, 0.1) is 0 Å². The molecule has 0 radical (unpaired) electrons. The van der Waals surface area contributed by atoms with Gasteiger partial charge in [-0.25, -0.2) is 0 Å². The molecular formula is C21H26N2O2. The summed E-state index contributed by atoms with van der Waals surface area (Å²) in [5.74, 6) is -0.173. The minimum Gasteiger partial charge on any atom is -0.351 e. The van der Waals surface area contributed by atoms with E-state index in [1.807, 2.05) is 76.2 Å². The summed E-state index contributed by atoms with van der Waals surface area (Å²) in [6.45, 7) is 8.83. The zero-order chi connectivity index (χ0) is 18.4. The second kappa shape index (κ2) is 7.97. The van der Waals surface area contributed by atoms with Gasteiger partial charge in [-0.3, -0.25) is 9.59 Å². The Hall–Kier alpha value is -2.62. The van der Waals surface area contributed by atoms with Crippen LogP contribution in [0.2, 0.25) is 0 Å². The number of carbonyl (C=O) groups excluding carboxylic acids is 2. The molecule has 0 aliphatic carbocycles. The van der Waals surface area contributed by atoms with Crippen LogP contribution in [-0.4, -0.2) is 24.9 Å². The summed E-state index contributed by atoms with van der Waals surface area (Å²) in [4.78, 5) is 24.6. The Morgan fingerprint density at radius 1 is 0.760 bits per heavy atom. The highest BCUT2D eigenvalue weighted by molar-refractivity contribution is 5.96. The van der Waals surface area contributed by atoms with E-state index in [9.17, 15) is 9.59 Å². The Bertz CT molecular complexity index is 702. The van der Waals surface area contributed by atoms with Gasteiger partial charge in [0.1, 0.15) is 0 Å². The SMILES string of the molecule is Cc1ccccc1C(=O)NCC(C)(C)CNC(=O)c1ccccc1C. The van der Waals surface area contributed by atoms with Gasteiger partial charge in [-0.1, -0.05) is 50.2 Å². The third-order valence-corrected chi connectivity index (χ3v) is 4.23.